The Kier molecular flexibility index (Phi) is 12.9. The Morgan fingerprint density at radius 3 is 2.11 bits per heavy atom. The van der Waals surface area contributed by atoms with Crippen LogP contribution in [0.3, 0.4) is 0 Å². The van der Waals surface area contributed by atoms with Gasteiger partial charge in [-0.1, -0.05) is 32.0 Å². The number of alkyl halides is 1. The summed E-state index contributed by atoms with van der Waals surface area (Å²) in [6.07, 6.45) is 1.15. The SMILES string of the molecule is CCc1cccc(CC)c1N(COC)C(=O)CCl.O=C(O)CNCP(=O)(O)O. The van der Waals surface area contributed by atoms with Crippen LogP contribution in [0, 0.1) is 0 Å². The van der Waals surface area contributed by atoms with Crippen LogP contribution in [0.25, 0.3) is 0 Å². The van der Waals surface area contributed by atoms with Crippen LogP contribution in [0.2, 0.25) is 0 Å². The highest BCUT2D eigenvalue weighted by Gasteiger charge is 2.19. The van der Waals surface area contributed by atoms with Gasteiger partial charge in [0.1, 0.15) is 12.6 Å². The summed E-state index contributed by atoms with van der Waals surface area (Å²) in [5, 5.41) is 10.1. The van der Waals surface area contributed by atoms with Crippen molar-refractivity contribution in [1.29, 1.82) is 0 Å². The number of hydrogen-bond donors (Lipinski definition) is 4. The number of benzene rings is 1. The molecule has 160 valence electrons. The summed E-state index contributed by atoms with van der Waals surface area (Å²) < 4.78 is 15.2. The number of aliphatic carboxylic acids is 1. The van der Waals surface area contributed by atoms with E-state index in [0.717, 1.165) is 29.7 Å². The van der Waals surface area contributed by atoms with Crippen molar-refractivity contribution in [3.63, 3.8) is 0 Å². The molecule has 0 saturated heterocycles. The van der Waals surface area contributed by atoms with Gasteiger partial charge < -0.3 is 19.6 Å². The summed E-state index contributed by atoms with van der Waals surface area (Å²) in [4.78, 5) is 39.7. The zero-order valence-corrected chi connectivity index (χ0v) is 17.9. The van der Waals surface area contributed by atoms with Crippen LogP contribution < -0.4 is 10.2 Å². The average Bonchev–Trinajstić information content (AvgIpc) is 2.64. The molecule has 1 aromatic carbocycles. The van der Waals surface area contributed by atoms with Crippen LogP contribution in [-0.4, -0.2) is 59.3 Å². The lowest BCUT2D eigenvalue weighted by atomic mass is 10.0. The average molecular weight is 439 g/mol. The number of halogens is 1. The highest BCUT2D eigenvalue weighted by Crippen LogP contribution is 2.31. The monoisotopic (exact) mass is 438 g/mol. The van der Waals surface area contributed by atoms with E-state index in [1.165, 1.54) is 0 Å². The van der Waals surface area contributed by atoms with E-state index in [-0.39, 0.29) is 18.5 Å². The standard InChI is InChI=1S/C14H20ClNO2.C3H8NO5P/c1-4-11-7-6-8-12(5-2)14(11)16(10-18-3)13(17)9-15;5-3(6)1-4-2-10(7,8)9/h6-8H,4-5,9-10H2,1-3H3;4H,1-2H2,(H,5,6)(H2,7,8,9). The van der Waals surface area contributed by atoms with Crippen LogP contribution in [0.1, 0.15) is 25.0 Å². The first-order valence-electron chi connectivity index (χ1n) is 8.54. The highest BCUT2D eigenvalue weighted by molar-refractivity contribution is 7.51. The van der Waals surface area contributed by atoms with Gasteiger partial charge in [-0.25, -0.2) is 0 Å². The molecular formula is C17H28ClN2O7P. The van der Waals surface area contributed by atoms with Gasteiger partial charge in [0.25, 0.3) is 0 Å². The molecule has 0 bridgehead atoms. The molecule has 0 aliphatic rings. The smallest absolute Gasteiger partial charge is 0.339 e. The van der Waals surface area contributed by atoms with Crippen LogP contribution in [0.15, 0.2) is 18.2 Å². The first-order valence-corrected chi connectivity index (χ1v) is 10.9. The van der Waals surface area contributed by atoms with Crippen LogP contribution in [0.4, 0.5) is 5.69 Å². The predicted molar refractivity (Wildman–Crippen MR) is 108 cm³/mol. The Balaban J connectivity index is 0.000000621. The fourth-order valence-electron chi connectivity index (χ4n) is 2.33. The molecule has 0 unspecified atom stereocenters. The Labute approximate surface area is 169 Å². The second kappa shape index (κ2) is 13.7. The number of ether oxygens (including phenoxy) is 1. The number of anilines is 1. The fourth-order valence-corrected chi connectivity index (χ4v) is 2.88. The van der Waals surface area contributed by atoms with Gasteiger partial charge in [0.2, 0.25) is 5.91 Å². The van der Waals surface area contributed by atoms with E-state index in [1.54, 1.807) is 12.0 Å². The van der Waals surface area contributed by atoms with Crippen molar-refractivity contribution >= 4 is 36.8 Å². The predicted octanol–water partition coefficient (Wildman–Crippen LogP) is 1.78. The Bertz CT molecular complexity index is 659. The van der Waals surface area contributed by atoms with Crippen molar-refractivity contribution < 1.29 is 33.8 Å². The molecule has 1 rings (SSSR count). The van der Waals surface area contributed by atoms with E-state index in [0.29, 0.717) is 0 Å². The normalized spacial score (nSPS) is 10.8. The van der Waals surface area contributed by atoms with Crippen LogP contribution in [0.5, 0.6) is 0 Å². The quantitative estimate of drug-likeness (QED) is 0.246. The van der Waals surface area contributed by atoms with Crippen LogP contribution >= 0.6 is 19.2 Å². The molecule has 28 heavy (non-hydrogen) atoms. The summed E-state index contributed by atoms with van der Waals surface area (Å²) >= 11 is 5.68. The summed E-state index contributed by atoms with van der Waals surface area (Å²) in [6, 6.07) is 6.11. The lowest BCUT2D eigenvalue weighted by molar-refractivity contribution is -0.135. The molecule has 9 nitrogen and oxygen atoms in total. The van der Waals surface area contributed by atoms with Gasteiger partial charge in [-0.05, 0) is 24.0 Å². The first kappa shape index (κ1) is 26.5. The Morgan fingerprint density at radius 2 is 1.75 bits per heavy atom. The maximum atomic E-state index is 12.0. The molecule has 1 aromatic rings. The number of carbonyl (C=O) groups excluding carboxylic acids is 1. The number of carboxylic acids is 1. The zero-order chi connectivity index (χ0) is 21.7. The second-order valence-corrected chi connectivity index (χ2v) is 7.56. The summed E-state index contributed by atoms with van der Waals surface area (Å²) in [7, 11) is -2.52. The maximum absolute atomic E-state index is 12.0. The van der Waals surface area contributed by atoms with Gasteiger partial charge in [-0.2, -0.15) is 0 Å². The number of hydrogen-bond acceptors (Lipinski definition) is 5. The van der Waals surface area contributed by atoms with Gasteiger partial charge in [-0.15, -0.1) is 11.6 Å². The maximum Gasteiger partial charge on any atom is 0.339 e. The Hall–Kier alpha value is -1.48. The highest BCUT2D eigenvalue weighted by atomic mass is 35.5. The number of carbonyl (C=O) groups is 2. The molecule has 0 spiro atoms. The molecule has 0 atom stereocenters. The van der Waals surface area contributed by atoms with E-state index in [4.69, 9.17) is 31.2 Å². The van der Waals surface area contributed by atoms with Crippen molar-refractivity contribution in [2.75, 3.05) is 37.5 Å². The van der Waals surface area contributed by atoms with Crippen LogP contribution in [-0.2, 0) is 31.7 Å². The molecule has 0 aromatic heterocycles. The molecule has 0 aliphatic heterocycles. The van der Waals surface area contributed by atoms with Crippen molar-refractivity contribution in [3.8, 4) is 0 Å². The number of nitrogens with one attached hydrogen (secondary N) is 1. The van der Waals surface area contributed by atoms with E-state index in [9.17, 15) is 14.2 Å². The van der Waals surface area contributed by atoms with E-state index >= 15 is 0 Å². The largest absolute Gasteiger partial charge is 0.480 e. The molecule has 0 fully saturated rings. The van der Waals surface area contributed by atoms with Gasteiger partial charge in [0, 0.05) is 7.11 Å². The minimum Gasteiger partial charge on any atom is -0.480 e. The third-order valence-corrected chi connectivity index (χ3v) is 4.37. The van der Waals surface area contributed by atoms with Gasteiger partial charge >= 0.3 is 13.6 Å². The Morgan fingerprint density at radius 1 is 1.21 bits per heavy atom. The lowest BCUT2D eigenvalue weighted by Gasteiger charge is -2.26. The number of rotatable bonds is 10. The van der Waals surface area contributed by atoms with Gasteiger partial charge in [0.05, 0.1) is 18.5 Å². The topological polar surface area (TPSA) is 136 Å². The zero-order valence-electron chi connectivity index (χ0n) is 16.2. The third-order valence-electron chi connectivity index (χ3n) is 3.50. The number of nitrogens with zero attached hydrogens (tertiary/aromatic N) is 1. The number of methoxy groups -OCH3 is 1. The molecule has 4 N–H and O–H groups in total. The number of para-hydroxylation sites is 1. The molecule has 11 heteroatoms. The van der Waals surface area contributed by atoms with Crippen molar-refractivity contribution in [2.45, 2.75) is 26.7 Å². The molecule has 1 amide bonds. The number of aryl methyl sites for hydroxylation is 2. The molecular weight excluding hydrogens is 411 g/mol. The number of amides is 1. The van der Waals surface area contributed by atoms with Crippen molar-refractivity contribution in [3.05, 3.63) is 29.3 Å². The molecule has 0 heterocycles. The van der Waals surface area contributed by atoms with Gasteiger partial charge in [-0.3, -0.25) is 24.4 Å². The molecule has 0 saturated carbocycles. The van der Waals surface area contributed by atoms with E-state index in [1.807, 2.05) is 18.2 Å². The summed E-state index contributed by atoms with van der Waals surface area (Å²) in [5.74, 6) is -1.31. The number of carboxylic acid groups (broad SMARTS) is 1. The summed E-state index contributed by atoms with van der Waals surface area (Å²) in [5.41, 5.74) is 3.24. The first-order chi connectivity index (χ1) is 13.1. The van der Waals surface area contributed by atoms with E-state index in [2.05, 4.69) is 19.2 Å². The van der Waals surface area contributed by atoms with Crippen molar-refractivity contribution in [2.24, 2.45) is 0 Å². The second-order valence-electron chi connectivity index (χ2n) is 5.65. The minimum atomic E-state index is -4.10. The molecule has 0 aliphatic carbocycles. The summed E-state index contributed by atoms with van der Waals surface area (Å²) in [6.45, 7) is 3.95. The van der Waals surface area contributed by atoms with Gasteiger partial charge in [0.15, 0.2) is 0 Å². The van der Waals surface area contributed by atoms with E-state index < -0.39 is 26.4 Å². The third kappa shape index (κ3) is 10.2. The van der Waals surface area contributed by atoms with Crippen molar-refractivity contribution in [1.82, 2.24) is 5.32 Å². The minimum absolute atomic E-state index is 0.0371. The lowest BCUT2D eigenvalue weighted by Crippen LogP contribution is -2.35. The fraction of sp³-hybridized carbons (Fsp3) is 0.529. The molecule has 0 radical (unpaired) electrons.